The smallest absolute Gasteiger partial charge is 0.0702 e. The zero-order valence-corrected chi connectivity index (χ0v) is 13.3. The first kappa shape index (κ1) is 13.8. The molecule has 1 fully saturated rings. The van der Waals surface area contributed by atoms with Gasteiger partial charge >= 0.3 is 0 Å². The number of nitrogens with two attached hydrogens (primary N) is 1. The molecule has 1 aliphatic rings. The van der Waals surface area contributed by atoms with E-state index in [9.17, 15) is 0 Å². The molecular formula is C16H20BrN3. The van der Waals surface area contributed by atoms with Gasteiger partial charge in [0.2, 0.25) is 0 Å². The van der Waals surface area contributed by atoms with Crippen LogP contribution in [0.1, 0.15) is 43.5 Å². The highest BCUT2D eigenvalue weighted by molar-refractivity contribution is 9.10. The van der Waals surface area contributed by atoms with Crippen LogP contribution in [0.4, 0.5) is 0 Å². The summed E-state index contributed by atoms with van der Waals surface area (Å²) in [4.78, 5) is 0. The molecule has 2 aromatic rings. The van der Waals surface area contributed by atoms with Crippen molar-refractivity contribution in [2.24, 2.45) is 5.73 Å². The largest absolute Gasteiger partial charge is 0.322 e. The number of hydrogen-bond acceptors (Lipinski definition) is 2. The summed E-state index contributed by atoms with van der Waals surface area (Å²) in [6.45, 7) is 3.08. The average molecular weight is 334 g/mol. The van der Waals surface area contributed by atoms with Gasteiger partial charge in [0.25, 0.3) is 0 Å². The van der Waals surface area contributed by atoms with E-state index >= 15 is 0 Å². The molecule has 4 heteroatoms. The molecule has 3 rings (SSSR count). The van der Waals surface area contributed by atoms with Crippen molar-refractivity contribution in [3.8, 4) is 0 Å². The molecule has 0 spiro atoms. The molecule has 0 bridgehead atoms. The zero-order chi connectivity index (χ0) is 14.2. The lowest BCUT2D eigenvalue weighted by atomic mass is 9.86. The highest BCUT2D eigenvalue weighted by atomic mass is 79.9. The third kappa shape index (κ3) is 2.21. The first-order valence-corrected chi connectivity index (χ1v) is 8.00. The number of rotatable bonds is 5. The maximum atomic E-state index is 6.65. The van der Waals surface area contributed by atoms with Crippen molar-refractivity contribution in [2.45, 2.75) is 44.2 Å². The van der Waals surface area contributed by atoms with Crippen LogP contribution in [0.2, 0.25) is 0 Å². The Bertz CT molecular complexity index is 587. The van der Waals surface area contributed by atoms with Crippen LogP contribution < -0.4 is 5.73 Å². The summed E-state index contributed by atoms with van der Waals surface area (Å²) in [5, 5.41) is 4.45. The second-order valence-corrected chi connectivity index (χ2v) is 6.46. The van der Waals surface area contributed by atoms with E-state index in [0.29, 0.717) is 0 Å². The molecule has 3 nitrogen and oxygen atoms in total. The van der Waals surface area contributed by atoms with E-state index in [2.05, 4.69) is 63.0 Å². The maximum absolute atomic E-state index is 6.65. The predicted molar refractivity (Wildman–Crippen MR) is 84.5 cm³/mol. The summed E-state index contributed by atoms with van der Waals surface area (Å²) >= 11 is 3.62. The van der Waals surface area contributed by atoms with Gasteiger partial charge < -0.3 is 5.73 Å². The Balaban J connectivity index is 1.97. The van der Waals surface area contributed by atoms with E-state index in [1.165, 1.54) is 5.56 Å². The Kier molecular flexibility index (Phi) is 3.69. The van der Waals surface area contributed by atoms with Gasteiger partial charge in [0.15, 0.2) is 0 Å². The molecule has 1 aromatic carbocycles. The Morgan fingerprint density at radius 1 is 1.35 bits per heavy atom. The second kappa shape index (κ2) is 5.34. The zero-order valence-electron chi connectivity index (χ0n) is 11.7. The molecule has 106 valence electrons. The Morgan fingerprint density at radius 2 is 2.05 bits per heavy atom. The van der Waals surface area contributed by atoms with Gasteiger partial charge in [0.1, 0.15) is 0 Å². The third-order valence-electron chi connectivity index (χ3n) is 4.30. The van der Waals surface area contributed by atoms with E-state index in [-0.39, 0.29) is 11.5 Å². The number of aromatic nitrogens is 2. The number of aryl methyl sites for hydroxylation is 1. The lowest BCUT2D eigenvalue weighted by Gasteiger charge is -2.25. The fourth-order valence-electron chi connectivity index (χ4n) is 3.02. The van der Waals surface area contributed by atoms with Crippen LogP contribution in [0.25, 0.3) is 0 Å². The molecule has 1 saturated carbocycles. The van der Waals surface area contributed by atoms with Gasteiger partial charge in [-0.25, -0.2) is 0 Å². The van der Waals surface area contributed by atoms with Crippen LogP contribution in [0, 0.1) is 0 Å². The minimum atomic E-state index is -0.00618. The molecule has 1 atom stereocenters. The van der Waals surface area contributed by atoms with Gasteiger partial charge in [-0.1, -0.05) is 37.3 Å². The summed E-state index contributed by atoms with van der Waals surface area (Å²) < 4.78 is 3.08. The molecule has 2 N–H and O–H groups in total. The summed E-state index contributed by atoms with van der Waals surface area (Å²) in [6, 6.07) is 10.6. The predicted octanol–water partition coefficient (Wildman–Crippen LogP) is 3.79. The van der Waals surface area contributed by atoms with Crippen LogP contribution >= 0.6 is 15.9 Å². The van der Waals surface area contributed by atoms with E-state index in [0.717, 1.165) is 36.0 Å². The molecule has 0 radical (unpaired) electrons. The van der Waals surface area contributed by atoms with E-state index < -0.39 is 0 Å². The van der Waals surface area contributed by atoms with E-state index in [1.54, 1.807) is 0 Å². The van der Waals surface area contributed by atoms with Crippen LogP contribution in [0.3, 0.4) is 0 Å². The van der Waals surface area contributed by atoms with Crippen molar-refractivity contribution in [3.63, 3.8) is 0 Å². The molecule has 1 unspecified atom stereocenters. The standard InChI is InChI=1S/C16H20BrN3/c1-2-10-20-14(13(17)11-19-20)15(18)16(8-9-16)12-6-4-3-5-7-12/h3-7,11,15H,2,8-10,18H2,1H3. The summed E-state index contributed by atoms with van der Waals surface area (Å²) in [6.07, 6.45) is 5.24. The molecule has 0 amide bonds. The lowest BCUT2D eigenvalue weighted by Crippen LogP contribution is -2.29. The van der Waals surface area contributed by atoms with Crippen molar-refractivity contribution in [2.75, 3.05) is 0 Å². The molecule has 0 saturated heterocycles. The second-order valence-electron chi connectivity index (χ2n) is 5.60. The minimum absolute atomic E-state index is 0.00618. The highest BCUT2D eigenvalue weighted by Crippen LogP contribution is 2.56. The summed E-state index contributed by atoms with van der Waals surface area (Å²) in [5.74, 6) is 0. The van der Waals surface area contributed by atoms with Gasteiger partial charge in [0.05, 0.1) is 22.4 Å². The fourth-order valence-corrected chi connectivity index (χ4v) is 3.56. The Labute approximate surface area is 128 Å². The van der Waals surface area contributed by atoms with Gasteiger partial charge in [-0.05, 0) is 40.8 Å². The number of nitrogens with zero attached hydrogens (tertiary/aromatic N) is 2. The Hall–Kier alpha value is -1.13. The molecular weight excluding hydrogens is 314 g/mol. The van der Waals surface area contributed by atoms with Crippen LogP contribution in [-0.4, -0.2) is 9.78 Å². The molecule has 1 heterocycles. The van der Waals surface area contributed by atoms with Crippen LogP contribution in [-0.2, 0) is 12.0 Å². The topological polar surface area (TPSA) is 43.8 Å². The van der Waals surface area contributed by atoms with Crippen molar-refractivity contribution in [1.29, 1.82) is 0 Å². The van der Waals surface area contributed by atoms with Crippen molar-refractivity contribution < 1.29 is 0 Å². The number of benzene rings is 1. The van der Waals surface area contributed by atoms with Crippen LogP contribution in [0.15, 0.2) is 41.0 Å². The first-order chi connectivity index (χ1) is 9.69. The van der Waals surface area contributed by atoms with Crippen molar-refractivity contribution in [3.05, 3.63) is 52.3 Å². The monoisotopic (exact) mass is 333 g/mol. The highest BCUT2D eigenvalue weighted by Gasteiger charge is 2.51. The average Bonchev–Trinajstić information content (AvgIpc) is 3.20. The van der Waals surface area contributed by atoms with E-state index in [1.807, 2.05) is 6.20 Å². The molecule has 20 heavy (non-hydrogen) atoms. The molecule has 0 aliphatic heterocycles. The van der Waals surface area contributed by atoms with Crippen molar-refractivity contribution >= 4 is 15.9 Å². The van der Waals surface area contributed by atoms with Crippen molar-refractivity contribution in [1.82, 2.24) is 9.78 Å². The van der Waals surface area contributed by atoms with Gasteiger partial charge in [0, 0.05) is 12.0 Å². The Morgan fingerprint density at radius 3 is 2.65 bits per heavy atom. The SMILES string of the molecule is CCCn1ncc(Br)c1C(N)C1(c2ccccc2)CC1. The lowest BCUT2D eigenvalue weighted by molar-refractivity contribution is 0.472. The van der Waals surface area contributed by atoms with Gasteiger partial charge in [-0.2, -0.15) is 5.10 Å². The van der Waals surface area contributed by atoms with Gasteiger partial charge in [-0.3, -0.25) is 4.68 Å². The normalized spacial score (nSPS) is 17.9. The van der Waals surface area contributed by atoms with Crippen LogP contribution in [0.5, 0.6) is 0 Å². The molecule has 1 aliphatic carbocycles. The fraction of sp³-hybridized carbons (Fsp3) is 0.438. The number of hydrogen-bond donors (Lipinski definition) is 1. The van der Waals surface area contributed by atoms with Gasteiger partial charge in [-0.15, -0.1) is 0 Å². The third-order valence-corrected chi connectivity index (χ3v) is 4.91. The summed E-state index contributed by atoms with van der Waals surface area (Å²) in [5.41, 5.74) is 9.23. The quantitative estimate of drug-likeness (QED) is 0.904. The number of halogens is 1. The maximum Gasteiger partial charge on any atom is 0.0702 e. The minimum Gasteiger partial charge on any atom is -0.322 e. The first-order valence-electron chi connectivity index (χ1n) is 7.21. The summed E-state index contributed by atoms with van der Waals surface area (Å²) in [7, 11) is 0. The molecule has 1 aromatic heterocycles. The van der Waals surface area contributed by atoms with E-state index in [4.69, 9.17) is 5.73 Å².